The van der Waals surface area contributed by atoms with Gasteiger partial charge in [0.1, 0.15) is 0 Å². The van der Waals surface area contributed by atoms with E-state index in [1.54, 1.807) is 0 Å². The first-order chi connectivity index (χ1) is 8.14. The van der Waals surface area contributed by atoms with Crippen LogP contribution in [0.4, 0.5) is 0 Å². The monoisotopic (exact) mass is 236 g/mol. The van der Waals surface area contributed by atoms with Gasteiger partial charge in [-0.25, -0.2) is 0 Å². The number of hydrogen-bond acceptors (Lipinski definition) is 2. The lowest BCUT2D eigenvalue weighted by Crippen LogP contribution is -2.56. The standard InChI is InChI=1S/C15H28N2/c1-15(2)7-6-13(11-15)17-10-9-16-8-4-3-5-14(16)12-17/h13-14H,3-12H2,1-2H3. The van der Waals surface area contributed by atoms with Crippen LogP contribution in [0.1, 0.15) is 52.4 Å². The van der Waals surface area contributed by atoms with Crippen molar-refractivity contribution in [2.45, 2.75) is 64.5 Å². The van der Waals surface area contributed by atoms with Gasteiger partial charge in [0.05, 0.1) is 0 Å². The largest absolute Gasteiger partial charge is 0.298 e. The summed E-state index contributed by atoms with van der Waals surface area (Å²) in [6, 6.07) is 1.79. The molecule has 2 heteroatoms. The number of rotatable bonds is 1. The molecule has 0 aromatic rings. The summed E-state index contributed by atoms with van der Waals surface area (Å²) in [5.41, 5.74) is 0.606. The molecule has 2 nitrogen and oxygen atoms in total. The molecule has 2 aliphatic heterocycles. The maximum absolute atomic E-state index is 2.82. The van der Waals surface area contributed by atoms with Gasteiger partial charge in [-0.2, -0.15) is 0 Å². The zero-order valence-corrected chi connectivity index (χ0v) is 11.6. The summed E-state index contributed by atoms with van der Waals surface area (Å²) in [6.07, 6.45) is 8.66. The Morgan fingerprint density at radius 2 is 1.71 bits per heavy atom. The Hall–Kier alpha value is -0.0800. The van der Waals surface area contributed by atoms with Gasteiger partial charge in [-0.1, -0.05) is 20.3 Å². The fourth-order valence-electron chi connectivity index (χ4n) is 4.22. The zero-order valence-electron chi connectivity index (χ0n) is 11.6. The van der Waals surface area contributed by atoms with E-state index in [9.17, 15) is 0 Å². The molecule has 0 spiro atoms. The fourth-order valence-corrected chi connectivity index (χ4v) is 4.22. The number of piperazine rings is 1. The number of hydrogen-bond donors (Lipinski definition) is 0. The van der Waals surface area contributed by atoms with Crippen molar-refractivity contribution in [2.24, 2.45) is 5.41 Å². The Morgan fingerprint density at radius 1 is 0.882 bits per heavy atom. The second-order valence-corrected chi connectivity index (χ2v) is 7.24. The number of nitrogens with zero attached hydrogens (tertiary/aromatic N) is 2. The summed E-state index contributed by atoms with van der Waals surface area (Å²) in [7, 11) is 0. The quantitative estimate of drug-likeness (QED) is 0.691. The second kappa shape index (κ2) is 4.55. The van der Waals surface area contributed by atoms with E-state index in [4.69, 9.17) is 0 Å². The zero-order chi connectivity index (χ0) is 11.9. The molecule has 3 rings (SSSR count). The van der Waals surface area contributed by atoms with E-state index < -0.39 is 0 Å². The molecule has 0 aromatic heterocycles. The molecule has 2 saturated heterocycles. The van der Waals surface area contributed by atoms with Crippen molar-refractivity contribution in [3.63, 3.8) is 0 Å². The van der Waals surface area contributed by atoms with Gasteiger partial charge in [0.15, 0.2) is 0 Å². The van der Waals surface area contributed by atoms with Gasteiger partial charge in [0.2, 0.25) is 0 Å². The summed E-state index contributed by atoms with van der Waals surface area (Å²) >= 11 is 0. The molecule has 0 N–H and O–H groups in total. The maximum Gasteiger partial charge on any atom is 0.0223 e. The molecule has 2 atom stereocenters. The van der Waals surface area contributed by atoms with E-state index in [-0.39, 0.29) is 0 Å². The maximum atomic E-state index is 2.82. The normalized spacial score (nSPS) is 39.2. The van der Waals surface area contributed by atoms with E-state index in [0.29, 0.717) is 5.41 Å². The average molecular weight is 236 g/mol. The predicted molar refractivity (Wildman–Crippen MR) is 72.2 cm³/mol. The van der Waals surface area contributed by atoms with Gasteiger partial charge in [-0.05, 0) is 44.1 Å². The van der Waals surface area contributed by atoms with Crippen LogP contribution in [-0.2, 0) is 0 Å². The third kappa shape index (κ3) is 2.53. The third-order valence-corrected chi connectivity index (χ3v) is 5.33. The van der Waals surface area contributed by atoms with Gasteiger partial charge < -0.3 is 0 Å². The van der Waals surface area contributed by atoms with Gasteiger partial charge in [0, 0.05) is 31.7 Å². The Balaban J connectivity index is 1.59. The summed E-state index contributed by atoms with van der Waals surface area (Å²) in [5.74, 6) is 0. The molecule has 0 amide bonds. The van der Waals surface area contributed by atoms with Crippen LogP contribution in [0.15, 0.2) is 0 Å². The van der Waals surface area contributed by atoms with Crippen LogP contribution < -0.4 is 0 Å². The van der Waals surface area contributed by atoms with Crippen molar-refractivity contribution in [2.75, 3.05) is 26.2 Å². The predicted octanol–water partition coefficient (Wildman–Crippen LogP) is 2.74. The van der Waals surface area contributed by atoms with Gasteiger partial charge >= 0.3 is 0 Å². The van der Waals surface area contributed by atoms with Crippen molar-refractivity contribution < 1.29 is 0 Å². The number of piperidine rings is 1. The van der Waals surface area contributed by atoms with E-state index in [1.807, 2.05) is 0 Å². The van der Waals surface area contributed by atoms with Crippen molar-refractivity contribution in [1.29, 1.82) is 0 Å². The molecule has 3 aliphatic rings. The van der Waals surface area contributed by atoms with Gasteiger partial charge in [0.25, 0.3) is 0 Å². The summed E-state index contributed by atoms with van der Waals surface area (Å²) < 4.78 is 0. The minimum atomic E-state index is 0.606. The van der Waals surface area contributed by atoms with Crippen LogP contribution in [0.25, 0.3) is 0 Å². The first-order valence-corrected chi connectivity index (χ1v) is 7.62. The van der Waals surface area contributed by atoms with Crippen molar-refractivity contribution in [3.8, 4) is 0 Å². The Kier molecular flexibility index (Phi) is 3.20. The van der Waals surface area contributed by atoms with E-state index in [0.717, 1.165) is 12.1 Å². The van der Waals surface area contributed by atoms with Gasteiger partial charge in [-0.15, -0.1) is 0 Å². The first kappa shape index (κ1) is 12.0. The van der Waals surface area contributed by atoms with E-state index >= 15 is 0 Å². The molecule has 3 fully saturated rings. The smallest absolute Gasteiger partial charge is 0.0223 e. The van der Waals surface area contributed by atoms with E-state index in [2.05, 4.69) is 23.6 Å². The molecule has 0 bridgehead atoms. The SMILES string of the molecule is CC1(C)CCC(N2CCN3CCCCC3C2)C1. The lowest BCUT2D eigenvalue weighted by Gasteiger charge is -2.46. The van der Waals surface area contributed by atoms with Crippen molar-refractivity contribution in [3.05, 3.63) is 0 Å². The second-order valence-electron chi connectivity index (χ2n) is 7.24. The van der Waals surface area contributed by atoms with Crippen LogP contribution in [-0.4, -0.2) is 48.1 Å². The third-order valence-electron chi connectivity index (χ3n) is 5.33. The molecule has 2 heterocycles. The summed E-state index contributed by atoms with van der Waals surface area (Å²) in [6.45, 7) is 10.3. The highest BCUT2D eigenvalue weighted by molar-refractivity contribution is 4.93. The summed E-state index contributed by atoms with van der Waals surface area (Å²) in [4.78, 5) is 5.57. The molecule has 1 aliphatic carbocycles. The van der Waals surface area contributed by atoms with E-state index in [1.165, 1.54) is 64.7 Å². The van der Waals surface area contributed by atoms with Gasteiger partial charge in [-0.3, -0.25) is 9.80 Å². The summed E-state index contributed by atoms with van der Waals surface area (Å²) in [5, 5.41) is 0. The molecule has 0 aromatic carbocycles. The highest BCUT2D eigenvalue weighted by atomic mass is 15.3. The van der Waals surface area contributed by atoms with Crippen LogP contribution in [0.5, 0.6) is 0 Å². The lowest BCUT2D eigenvalue weighted by atomic mass is 9.91. The highest BCUT2D eigenvalue weighted by Crippen LogP contribution is 2.40. The topological polar surface area (TPSA) is 6.48 Å². The molecule has 0 radical (unpaired) electrons. The van der Waals surface area contributed by atoms with Crippen molar-refractivity contribution >= 4 is 0 Å². The Bertz CT molecular complexity index is 274. The lowest BCUT2D eigenvalue weighted by molar-refractivity contribution is 0.0266. The Morgan fingerprint density at radius 3 is 2.47 bits per heavy atom. The average Bonchev–Trinajstić information content (AvgIpc) is 2.69. The molecule has 17 heavy (non-hydrogen) atoms. The number of fused-ring (bicyclic) bond motifs is 1. The molecular weight excluding hydrogens is 208 g/mol. The molecular formula is C15H28N2. The van der Waals surface area contributed by atoms with Crippen LogP contribution in [0.3, 0.4) is 0 Å². The molecule has 2 unspecified atom stereocenters. The van der Waals surface area contributed by atoms with Crippen molar-refractivity contribution in [1.82, 2.24) is 9.80 Å². The minimum Gasteiger partial charge on any atom is -0.298 e. The minimum absolute atomic E-state index is 0.606. The first-order valence-electron chi connectivity index (χ1n) is 7.62. The molecule has 1 saturated carbocycles. The fraction of sp³-hybridized carbons (Fsp3) is 1.00. The Labute approximate surface area is 106 Å². The van der Waals surface area contributed by atoms with Crippen LogP contribution in [0.2, 0.25) is 0 Å². The van der Waals surface area contributed by atoms with Crippen LogP contribution >= 0.6 is 0 Å². The molecule has 98 valence electrons. The van der Waals surface area contributed by atoms with Crippen LogP contribution in [0, 0.1) is 5.41 Å². The highest BCUT2D eigenvalue weighted by Gasteiger charge is 2.37.